The summed E-state index contributed by atoms with van der Waals surface area (Å²) in [5, 5.41) is 12.6. The van der Waals surface area contributed by atoms with Crippen molar-refractivity contribution >= 4 is 33.2 Å². The largest absolute Gasteiger partial charge is 0.476 e. The second-order valence-corrected chi connectivity index (χ2v) is 8.02. The third-order valence-electron chi connectivity index (χ3n) is 3.71. The van der Waals surface area contributed by atoms with Crippen LogP contribution >= 0.6 is 11.6 Å². The van der Waals surface area contributed by atoms with Crippen LogP contribution < -0.4 is 0 Å². The summed E-state index contributed by atoms with van der Waals surface area (Å²) in [7, 11) is -3.48. The van der Waals surface area contributed by atoms with Gasteiger partial charge in [0.2, 0.25) is 11.5 Å². The Hall–Kier alpha value is -2.19. The smallest absolute Gasteiger partial charge is 0.358 e. The van der Waals surface area contributed by atoms with E-state index in [0.717, 1.165) is 25.2 Å². The molecule has 0 spiro atoms. The van der Waals surface area contributed by atoms with Crippen molar-refractivity contribution in [2.75, 3.05) is 6.26 Å². The van der Waals surface area contributed by atoms with Gasteiger partial charge >= 0.3 is 5.97 Å². The van der Waals surface area contributed by atoms with Crippen molar-refractivity contribution in [2.24, 2.45) is 0 Å². The van der Waals surface area contributed by atoms with E-state index in [1.165, 1.54) is 12.1 Å². The lowest BCUT2D eigenvalue weighted by Crippen LogP contribution is -2.11. The molecular weight excluding hydrogens is 358 g/mol. The van der Waals surface area contributed by atoms with Crippen LogP contribution in [0.4, 0.5) is 0 Å². The zero-order valence-corrected chi connectivity index (χ0v) is 14.0. The minimum Gasteiger partial charge on any atom is -0.476 e. The normalized spacial score (nSPS) is 14.6. The van der Waals surface area contributed by atoms with Crippen molar-refractivity contribution in [3.05, 3.63) is 45.8 Å². The molecule has 1 heterocycles. The van der Waals surface area contributed by atoms with Gasteiger partial charge in [-0.05, 0) is 31.0 Å². The number of hydrogen-bond acceptors (Lipinski definition) is 6. The van der Waals surface area contributed by atoms with E-state index in [1.54, 1.807) is 0 Å². The van der Waals surface area contributed by atoms with Gasteiger partial charge in [0.1, 0.15) is 5.56 Å². The molecule has 1 N–H and O–H groups in total. The molecule has 0 bridgehead atoms. The monoisotopic (exact) mass is 369 g/mol. The number of halogens is 1. The number of sulfone groups is 1. The van der Waals surface area contributed by atoms with Crippen molar-refractivity contribution in [1.82, 2.24) is 5.16 Å². The first-order valence-electron chi connectivity index (χ1n) is 6.97. The van der Waals surface area contributed by atoms with Gasteiger partial charge in [0.15, 0.2) is 15.6 Å². The van der Waals surface area contributed by atoms with Crippen LogP contribution in [0, 0.1) is 0 Å². The summed E-state index contributed by atoms with van der Waals surface area (Å²) in [6.07, 6.45) is 2.60. The van der Waals surface area contributed by atoms with Crippen LogP contribution in [0.25, 0.3) is 0 Å². The maximum atomic E-state index is 12.8. The van der Waals surface area contributed by atoms with Gasteiger partial charge in [0.05, 0.1) is 9.92 Å². The Labute approximate surface area is 142 Å². The average Bonchev–Trinajstić information content (AvgIpc) is 3.23. The number of carbonyl (C=O) groups is 2. The number of aromatic nitrogens is 1. The molecule has 0 radical (unpaired) electrons. The summed E-state index contributed by atoms with van der Waals surface area (Å²) >= 11 is 6.04. The summed E-state index contributed by atoms with van der Waals surface area (Å²) in [6.45, 7) is 0. The number of carboxylic acid groups (broad SMARTS) is 1. The lowest BCUT2D eigenvalue weighted by Gasteiger charge is -2.06. The lowest BCUT2D eigenvalue weighted by atomic mass is 9.99. The number of rotatable bonds is 5. The highest BCUT2D eigenvalue weighted by molar-refractivity contribution is 7.90. The van der Waals surface area contributed by atoms with Crippen molar-refractivity contribution in [2.45, 2.75) is 23.7 Å². The zero-order valence-electron chi connectivity index (χ0n) is 12.4. The number of aromatic carboxylic acids is 1. The fourth-order valence-electron chi connectivity index (χ4n) is 2.34. The number of ketones is 1. The van der Waals surface area contributed by atoms with Gasteiger partial charge in [-0.3, -0.25) is 4.79 Å². The minimum absolute atomic E-state index is 0.00309. The summed E-state index contributed by atoms with van der Waals surface area (Å²) in [5.41, 5.74) is -0.596. The predicted molar refractivity (Wildman–Crippen MR) is 83.4 cm³/mol. The highest BCUT2D eigenvalue weighted by Gasteiger charge is 2.37. The molecule has 0 saturated heterocycles. The molecule has 0 amide bonds. The number of hydrogen-bond donors (Lipinski definition) is 1. The quantitative estimate of drug-likeness (QED) is 0.805. The van der Waals surface area contributed by atoms with E-state index in [2.05, 4.69) is 5.16 Å². The first-order valence-corrected chi connectivity index (χ1v) is 9.24. The standard InChI is InChI=1S/C15H12ClNO6S/c1-24(21,22)8-4-5-9(10(16)6-8)13(18)11-12(15(19)20)17-23-14(11)7-2-3-7/h4-7H,2-3H2,1H3,(H,19,20). The summed E-state index contributed by atoms with van der Waals surface area (Å²) in [5.74, 6) is -1.82. The van der Waals surface area contributed by atoms with Crippen LogP contribution in [-0.2, 0) is 9.84 Å². The van der Waals surface area contributed by atoms with Gasteiger partial charge in [-0.1, -0.05) is 16.8 Å². The molecule has 7 nitrogen and oxygen atoms in total. The molecule has 1 aliphatic carbocycles. The molecule has 126 valence electrons. The molecule has 1 aromatic heterocycles. The maximum absolute atomic E-state index is 12.8. The maximum Gasteiger partial charge on any atom is 0.358 e. The minimum atomic E-state index is -3.48. The Morgan fingerprint density at radius 3 is 2.50 bits per heavy atom. The molecule has 0 unspecified atom stereocenters. The molecule has 0 aliphatic heterocycles. The van der Waals surface area contributed by atoms with E-state index in [4.69, 9.17) is 16.1 Å². The molecule has 1 fully saturated rings. The highest BCUT2D eigenvalue weighted by atomic mass is 35.5. The van der Waals surface area contributed by atoms with Crippen LogP contribution in [0.15, 0.2) is 27.6 Å². The van der Waals surface area contributed by atoms with Crippen molar-refractivity contribution in [1.29, 1.82) is 0 Å². The first kappa shape index (κ1) is 16.7. The number of carboxylic acids is 1. The molecule has 24 heavy (non-hydrogen) atoms. The summed E-state index contributed by atoms with van der Waals surface area (Å²) in [6, 6.07) is 3.67. The van der Waals surface area contributed by atoms with E-state index < -0.39 is 27.3 Å². The predicted octanol–water partition coefficient (Wildman–Crippen LogP) is 2.54. The number of carbonyl (C=O) groups excluding carboxylic acids is 1. The van der Waals surface area contributed by atoms with E-state index in [-0.39, 0.29) is 32.7 Å². The van der Waals surface area contributed by atoms with Crippen LogP contribution in [-0.4, -0.2) is 36.7 Å². The fourth-order valence-corrected chi connectivity index (χ4v) is 3.32. The molecule has 9 heteroatoms. The molecule has 2 aromatic rings. The zero-order chi connectivity index (χ0) is 17.6. The molecule has 3 rings (SSSR count). The van der Waals surface area contributed by atoms with E-state index in [1.807, 2.05) is 0 Å². The van der Waals surface area contributed by atoms with Crippen molar-refractivity contribution < 1.29 is 27.6 Å². The topological polar surface area (TPSA) is 115 Å². The van der Waals surface area contributed by atoms with Crippen LogP contribution in [0.1, 0.15) is 50.9 Å². The second kappa shape index (κ2) is 5.71. The molecule has 1 saturated carbocycles. The van der Waals surface area contributed by atoms with Crippen molar-refractivity contribution in [3.63, 3.8) is 0 Å². The molecule has 1 aliphatic rings. The highest BCUT2D eigenvalue weighted by Crippen LogP contribution is 2.43. The Balaban J connectivity index is 2.10. The van der Waals surface area contributed by atoms with E-state index in [9.17, 15) is 23.1 Å². The Kier molecular flexibility index (Phi) is 3.97. The summed E-state index contributed by atoms with van der Waals surface area (Å²) < 4.78 is 28.1. The Morgan fingerprint density at radius 2 is 2.00 bits per heavy atom. The third kappa shape index (κ3) is 2.94. The number of benzene rings is 1. The Morgan fingerprint density at radius 1 is 1.33 bits per heavy atom. The van der Waals surface area contributed by atoms with Gasteiger partial charge < -0.3 is 9.63 Å². The second-order valence-electron chi connectivity index (χ2n) is 5.59. The average molecular weight is 370 g/mol. The van der Waals surface area contributed by atoms with Gasteiger partial charge in [-0.2, -0.15) is 0 Å². The van der Waals surface area contributed by atoms with Gasteiger partial charge in [0.25, 0.3) is 0 Å². The SMILES string of the molecule is CS(=O)(=O)c1ccc(C(=O)c2c(C(=O)O)noc2C2CC2)c(Cl)c1. The lowest BCUT2D eigenvalue weighted by molar-refractivity contribution is 0.0682. The number of nitrogens with zero attached hydrogens (tertiary/aromatic N) is 1. The van der Waals surface area contributed by atoms with Gasteiger partial charge in [-0.25, -0.2) is 13.2 Å². The third-order valence-corrected chi connectivity index (χ3v) is 5.13. The molecular formula is C15H12ClNO6S. The Bertz CT molecular complexity index is 958. The van der Waals surface area contributed by atoms with Gasteiger partial charge in [0, 0.05) is 17.7 Å². The van der Waals surface area contributed by atoms with Crippen LogP contribution in [0.3, 0.4) is 0 Å². The first-order chi connectivity index (χ1) is 11.2. The fraction of sp³-hybridized carbons (Fsp3) is 0.267. The molecule has 1 aromatic carbocycles. The van der Waals surface area contributed by atoms with Crippen LogP contribution in [0.5, 0.6) is 0 Å². The van der Waals surface area contributed by atoms with E-state index in [0.29, 0.717) is 0 Å². The van der Waals surface area contributed by atoms with Crippen molar-refractivity contribution in [3.8, 4) is 0 Å². The molecule has 0 atom stereocenters. The summed E-state index contributed by atoms with van der Waals surface area (Å²) in [4.78, 5) is 24.0. The van der Waals surface area contributed by atoms with E-state index >= 15 is 0 Å². The van der Waals surface area contributed by atoms with Crippen LogP contribution in [0.2, 0.25) is 5.02 Å². The van der Waals surface area contributed by atoms with Gasteiger partial charge in [-0.15, -0.1) is 0 Å².